The molecule has 0 aliphatic carbocycles. The lowest BCUT2D eigenvalue weighted by atomic mass is 10.0. The second kappa shape index (κ2) is 6.05. The molecule has 2 rings (SSSR count). The smallest absolute Gasteiger partial charge is 0.0344 e. The van der Waals surface area contributed by atoms with E-state index in [0.717, 1.165) is 6.42 Å². The molecule has 0 saturated carbocycles. The summed E-state index contributed by atoms with van der Waals surface area (Å²) in [4.78, 5) is 2.59. The second-order valence-corrected chi connectivity index (χ2v) is 6.51. The Morgan fingerprint density at radius 3 is 2.53 bits per heavy atom. The molecule has 0 aliphatic heterocycles. The number of nitrogens with two attached hydrogens (primary N) is 1. The fourth-order valence-electron chi connectivity index (χ4n) is 1.64. The monoisotopic (exact) mass is 327 g/mol. The van der Waals surface area contributed by atoms with Gasteiger partial charge in [0.25, 0.3) is 0 Å². The Balaban J connectivity index is 2.09. The lowest BCUT2D eigenvalue weighted by molar-refractivity contribution is 0.728. The molecular weight excluding hydrogens is 314 g/mol. The van der Waals surface area contributed by atoms with Crippen LogP contribution in [0.5, 0.6) is 0 Å². The normalized spacial score (nSPS) is 12.6. The van der Waals surface area contributed by atoms with E-state index < -0.39 is 0 Å². The summed E-state index contributed by atoms with van der Waals surface area (Å²) in [5, 5.41) is 2.09. The fourth-order valence-corrected chi connectivity index (χ4v) is 3.62. The van der Waals surface area contributed by atoms with Gasteiger partial charge in [-0.15, -0.1) is 23.1 Å². The molecule has 1 heterocycles. The van der Waals surface area contributed by atoms with Gasteiger partial charge in [-0.05, 0) is 51.3 Å². The number of thioether (sulfide) groups is 1. The molecule has 4 heteroatoms. The maximum Gasteiger partial charge on any atom is 0.0344 e. The van der Waals surface area contributed by atoms with Crippen molar-refractivity contribution in [1.82, 2.24) is 0 Å². The van der Waals surface area contributed by atoms with Crippen molar-refractivity contribution in [3.63, 3.8) is 0 Å². The van der Waals surface area contributed by atoms with E-state index in [1.165, 1.54) is 19.8 Å². The quantitative estimate of drug-likeness (QED) is 0.838. The molecule has 0 fully saturated rings. The van der Waals surface area contributed by atoms with Crippen LogP contribution in [0.2, 0.25) is 0 Å². The molecule has 1 nitrogen and oxygen atoms in total. The predicted octanol–water partition coefficient (Wildman–Crippen LogP) is 4.48. The van der Waals surface area contributed by atoms with Gasteiger partial charge in [-0.2, -0.15) is 0 Å². The van der Waals surface area contributed by atoms with Gasteiger partial charge in [0, 0.05) is 26.7 Å². The maximum absolute atomic E-state index is 6.23. The van der Waals surface area contributed by atoms with Crippen molar-refractivity contribution in [2.45, 2.75) is 17.4 Å². The Morgan fingerprint density at radius 2 is 2.00 bits per heavy atom. The van der Waals surface area contributed by atoms with E-state index in [2.05, 4.69) is 57.9 Å². The largest absolute Gasteiger partial charge is 0.324 e. The van der Waals surface area contributed by atoms with Crippen LogP contribution in [0.15, 0.2) is 45.1 Å². The summed E-state index contributed by atoms with van der Waals surface area (Å²) >= 11 is 7.04. The van der Waals surface area contributed by atoms with Crippen LogP contribution in [0.1, 0.15) is 16.5 Å². The Hall–Kier alpha value is -0.290. The summed E-state index contributed by atoms with van der Waals surface area (Å²) < 4.78 is 1.17. The number of hydrogen-bond acceptors (Lipinski definition) is 3. The highest BCUT2D eigenvalue weighted by atomic mass is 79.9. The molecule has 1 unspecified atom stereocenters. The van der Waals surface area contributed by atoms with Crippen LogP contribution in [-0.2, 0) is 6.42 Å². The van der Waals surface area contributed by atoms with Gasteiger partial charge in [-0.25, -0.2) is 0 Å². The van der Waals surface area contributed by atoms with Crippen molar-refractivity contribution in [1.29, 1.82) is 0 Å². The van der Waals surface area contributed by atoms with Crippen LogP contribution in [0.4, 0.5) is 0 Å². The number of rotatable bonds is 4. The van der Waals surface area contributed by atoms with Crippen molar-refractivity contribution in [2.24, 2.45) is 5.73 Å². The molecule has 2 aromatic rings. The third-order valence-electron chi connectivity index (χ3n) is 2.64. The van der Waals surface area contributed by atoms with Gasteiger partial charge in [0.05, 0.1) is 0 Å². The molecule has 90 valence electrons. The van der Waals surface area contributed by atoms with E-state index in [0.29, 0.717) is 0 Å². The molecule has 1 aromatic heterocycles. The molecule has 0 amide bonds. The molecule has 0 aliphatic rings. The van der Waals surface area contributed by atoms with E-state index in [-0.39, 0.29) is 6.04 Å². The highest BCUT2D eigenvalue weighted by Gasteiger charge is 2.10. The highest BCUT2D eigenvalue weighted by Crippen LogP contribution is 2.27. The van der Waals surface area contributed by atoms with Crippen molar-refractivity contribution in [3.8, 4) is 0 Å². The van der Waals surface area contributed by atoms with Crippen LogP contribution in [0, 0.1) is 0 Å². The van der Waals surface area contributed by atoms with Gasteiger partial charge in [0.1, 0.15) is 0 Å². The number of hydrogen-bond donors (Lipinski definition) is 1. The molecule has 0 spiro atoms. The molecular formula is C13H14BrNS2. The predicted molar refractivity (Wildman–Crippen MR) is 80.9 cm³/mol. The summed E-state index contributed by atoms with van der Waals surface area (Å²) in [5.74, 6) is 0. The first-order valence-corrected chi connectivity index (χ1v) is 8.22. The average molecular weight is 328 g/mol. The minimum Gasteiger partial charge on any atom is -0.324 e. The minimum absolute atomic E-state index is 0.0702. The van der Waals surface area contributed by atoms with Crippen LogP contribution in [-0.4, -0.2) is 6.26 Å². The van der Waals surface area contributed by atoms with Crippen LogP contribution in [0.25, 0.3) is 0 Å². The summed E-state index contributed by atoms with van der Waals surface area (Å²) in [6, 6.07) is 10.6. The molecule has 1 atom stereocenters. The lowest BCUT2D eigenvalue weighted by Crippen LogP contribution is -2.12. The Bertz CT molecular complexity index is 478. The van der Waals surface area contributed by atoms with Crippen molar-refractivity contribution >= 4 is 39.0 Å². The first kappa shape index (κ1) is 13.1. The minimum atomic E-state index is 0.0702. The standard InChI is InChI=1S/C13H14BrNS2/c1-16-10-4-2-9(3-5-10)12(15)8-13-11(14)6-7-17-13/h2-7,12H,8,15H2,1H3. The van der Waals surface area contributed by atoms with Crippen LogP contribution < -0.4 is 5.73 Å². The van der Waals surface area contributed by atoms with Crippen LogP contribution in [0.3, 0.4) is 0 Å². The number of thiophene rings is 1. The van der Waals surface area contributed by atoms with E-state index >= 15 is 0 Å². The first-order chi connectivity index (χ1) is 8.20. The van der Waals surface area contributed by atoms with Crippen molar-refractivity contribution < 1.29 is 0 Å². The van der Waals surface area contributed by atoms with Crippen LogP contribution >= 0.6 is 39.0 Å². The van der Waals surface area contributed by atoms with Gasteiger partial charge < -0.3 is 5.73 Å². The molecule has 0 bridgehead atoms. The Labute approximate surface area is 119 Å². The number of halogens is 1. The second-order valence-electron chi connectivity index (χ2n) is 3.78. The SMILES string of the molecule is CSc1ccc(C(N)Cc2sccc2Br)cc1. The topological polar surface area (TPSA) is 26.0 Å². The molecule has 2 N–H and O–H groups in total. The fraction of sp³-hybridized carbons (Fsp3) is 0.231. The van der Waals surface area contributed by atoms with E-state index in [4.69, 9.17) is 5.73 Å². The molecule has 17 heavy (non-hydrogen) atoms. The summed E-state index contributed by atoms with van der Waals surface area (Å²) in [6.07, 6.45) is 2.97. The zero-order chi connectivity index (χ0) is 12.3. The van der Waals surface area contributed by atoms with Gasteiger partial charge >= 0.3 is 0 Å². The maximum atomic E-state index is 6.23. The first-order valence-electron chi connectivity index (χ1n) is 5.32. The van der Waals surface area contributed by atoms with E-state index in [1.807, 2.05) is 0 Å². The zero-order valence-electron chi connectivity index (χ0n) is 9.52. The van der Waals surface area contributed by atoms with Gasteiger partial charge in [0.2, 0.25) is 0 Å². The molecule has 1 aromatic carbocycles. The zero-order valence-corrected chi connectivity index (χ0v) is 12.7. The van der Waals surface area contributed by atoms with Gasteiger partial charge in [-0.3, -0.25) is 0 Å². The highest BCUT2D eigenvalue weighted by molar-refractivity contribution is 9.10. The van der Waals surface area contributed by atoms with Crippen molar-refractivity contribution in [2.75, 3.05) is 6.26 Å². The van der Waals surface area contributed by atoms with Gasteiger partial charge in [0.15, 0.2) is 0 Å². The summed E-state index contributed by atoms with van der Waals surface area (Å²) in [6.45, 7) is 0. The summed E-state index contributed by atoms with van der Waals surface area (Å²) in [5.41, 5.74) is 7.42. The van der Waals surface area contributed by atoms with Gasteiger partial charge in [-0.1, -0.05) is 12.1 Å². The number of benzene rings is 1. The van der Waals surface area contributed by atoms with E-state index in [1.54, 1.807) is 23.1 Å². The Kier molecular flexibility index (Phi) is 4.68. The lowest BCUT2D eigenvalue weighted by Gasteiger charge is -2.11. The summed E-state index contributed by atoms with van der Waals surface area (Å²) in [7, 11) is 0. The third kappa shape index (κ3) is 3.35. The Morgan fingerprint density at radius 1 is 1.29 bits per heavy atom. The third-order valence-corrected chi connectivity index (χ3v) is 5.33. The average Bonchev–Trinajstić information content (AvgIpc) is 2.75. The van der Waals surface area contributed by atoms with Crippen molar-refractivity contribution in [3.05, 3.63) is 50.6 Å². The van der Waals surface area contributed by atoms with E-state index in [9.17, 15) is 0 Å². The molecule has 0 saturated heterocycles. The molecule has 0 radical (unpaired) electrons.